The Balaban J connectivity index is 2.14. The fourth-order valence-corrected chi connectivity index (χ4v) is 2.69. The maximum absolute atomic E-state index is 12.4. The number of amides is 1. The summed E-state index contributed by atoms with van der Waals surface area (Å²) in [4.78, 5) is 16.4. The second-order valence-corrected chi connectivity index (χ2v) is 5.75. The van der Waals surface area contributed by atoms with Gasteiger partial charge >= 0.3 is 0 Å². The van der Waals surface area contributed by atoms with Crippen molar-refractivity contribution < 1.29 is 9.53 Å². The van der Waals surface area contributed by atoms with Crippen molar-refractivity contribution in [3.63, 3.8) is 0 Å². The lowest BCUT2D eigenvalue weighted by molar-refractivity contribution is 0.0974. The lowest BCUT2D eigenvalue weighted by atomic mass is 10.1. The molecule has 0 fully saturated rings. The van der Waals surface area contributed by atoms with Crippen molar-refractivity contribution in [1.29, 1.82) is 0 Å². The van der Waals surface area contributed by atoms with E-state index in [2.05, 4.69) is 31.5 Å². The minimum Gasteiger partial charge on any atom is -0.496 e. The summed E-state index contributed by atoms with van der Waals surface area (Å²) >= 11 is 8.49. The third-order valence-electron chi connectivity index (χ3n) is 2.82. The summed E-state index contributed by atoms with van der Waals surface area (Å²) < 4.78 is 6.09. The van der Waals surface area contributed by atoms with E-state index < -0.39 is 0 Å². The average molecular weight is 380 g/mol. The van der Waals surface area contributed by atoms with Gasteiger partial charge in [-0.2, -0.15) is 0 Å². The monoisotopic (exact) mass is 379 g/mol. The Morgan fingerprint density at radius 1 is 1.36 bits per heavy atom. The molecule has 0 atom stereocenters. The van der Waals surface area contributed by atoms with Gasteiger partial charge in [-0.3, -0.25) is 10.1 Å². The Morgan fingerprint density at radius 3 is 2.77 bits per heavy atom. The zero-order valence-electron chi connectivity index (χ0n) is 12.0. The number of aryl methyl sites for hydroxylation is 1. The van der Waals surface area contributed by atoms with Crippen LogP contribution in [-0.2, 0) is 0 Å². The fraction of sp³-hybridized carbons (Fsp3) is 0.133. The van der Waals surface area contributed by atoms with Gasteiger partial charge in [-0.25, -0.2) is 4.98 Å². The molecule has 0 bridgehead atoms. The van der Waals surface area contributed by atoms with Crippen molar-refractivity contribution in [1.82, 2.24) is 10.3 Å². The van der Waals surface area contributed by atoms with Gasteiger partial charge in [0.15, 0.2) is 5.11 Å². The Labute approximate surface area is 142 Å². The zero-order valence-corrected chi connectivity index (χ0v) is 14.4. The molecule has 22 heavy (non-hydrogen) atoms. The second-order valence-electron chi connectivity index (χ2n) is 4.43. The first-order chi connectivity index (χ1) is 10.5. The number of methoxy groups -OCH3 is 1. The first kappa shape index (κ1) is 16.4. The van der Waals surface area contributed by atoms with E-state index in [4.69, 9.17) is 17.0 Å². The van der Waals surface area contributed by atoms with E-state index in [1.807, 2.05) is 19.1 Å². The van der Waals surface area contributed by atoms with Crippen LogP contribution in [0.1, 0.15) is 15.9 Å². The molecule has 0 saturated heterocycles. The summed E-state index contributed by atoms with van der Waals surface area (Å²) in [6.07, 6.45) is 1.63. The van der Waals surface area contributed by atoms with Crippen molar-refractivity contribution >= 4 is 45.0 Å². The van der Waals surface area contributed by atoms with Gasteiger partial charge in [0.25, 0.3) is 5.91 Å². The van der Waals surface area contributed by atoms with Crippen LogP contribution in [0.5, 0.6) is 5.75 Å². The molecule has 0 aliphatic carbocycles. The average Bonchev–Trinajstić information content (AvgIpc) is 2.47. The summed E-state index contributed by atoms with van der Waals surface area (Å²) in [5.41, 5.74) is 1.25. The lowest BCUT2D eigenvalue weighted by Crippen LogP contribution is -2.34. The lowest BCUT2D eigenvalue weighted by Gasteiger charge is -2.13. The van der Waals surface area contributed by atoms with Gasteiger partial charge in [0.05, 0.1) is 12.7 Å². The first-order valence-electron chi connectivity index (χ1n) is 6.38. The number of ether oxygens (including phenoxy) is 1. The van der Waals surface area contributed by atoms with Gasteiger partial charge in [0.2, 0.25) is 0 Å². The number of carbonyl (C=O) groups is 1. The van der Waals surface area contributed by atoms with Crippen molar-refractivity contribution in [2.45, 2.75) is 6.92 Å². The molecule has 2 N–H and O–H groups in total. The van der Waals surface area contributed by atoms with Crippen LogP contribution in [0, 0.1) is 6.92 Å². The molecule has 0 aliphatic rings. The van der Waals surface area contributed by atoms with E-state index in [-0.39, 0.29) is 11.0 Å². The summed E-state index contributed by atoms with van der Waals surface area (Å²) in [6, 6.07) is 8.93. The second kappa shape index (κ2) is 7.33. The number of nitrogens with one attached hydrogen (secondary N) is 2. The maximum Gasteiger partial charge on any atom is 0.261 e. The highest BCUT2D eigenvalue weighted by Gasteiger charge is 2.16. The number of thiocarbonyl (C=S) groups is 1. The van der Waals surface area contributed by atoms with Gasteiger partial charge in [-0.15, -0.1) is 0 Å². The zero-order chi connectivity index (χ0) is 16.1. The van der Waals surface area contributed by atoms with E-state index in [9.17, 15) is 4.79 Å². The van der Waals surface area contributed by atoms with Gasteiger partial charge in [-0.05, 0) is 49.0 Å². The molecular formula is C15H14BrN3O2S. The smallest absolute Gasteiger partial charge is 0.261 e. The molecule has 2 aromatic rings. The third kappa shape index (κ3) is 4.02. The summed E-state index contributed by atoms with van der Waals surface area (Å²) in [6.45, 7) is 1.87. The van der Waals surface area contributed by atoms with Crippen LogP contribution in [-0.4, -0.2) is 23.1 Å². The molecule has 0 aliphatic heterocycles. The van der Waals surface area contributed by atoms with E-state index in [1.165, 1.54) is 7.11 Å². The van der Waals surface area contributed by atoms with Gasteiger partial charge in [0, 0.05) is 10.7 Å². The number of anilines is 1. The molecule has 0 radical (unpaired) electrons. The van der Waals surface area contributed by atoms with Crippen LogP contribution >= 0.6 is 28.1 Å². The number of rotatable bonds is 3. The van der Waals surface area contributed by atoms with Gasteiger partial charge in [-0.1, -0.05) is 22.0 Å². The topological polar surface area (TPSA) is 63.2 Å². The largest absolute Gasteiger partial charge is 0.496 e. The number of aromatic nitrogens is 1. The molecule has 1 aromatic carbocycles. The molecule has 114 valence electrons. The minimum absolute atomic E-state index is 0.170. The molecule has 0 unspecified atom stereocenters. The highest BCUT2D eigenvalue weighted by atomic mass is 79.9. The third-order valence-corrected chi connectivity index (χ3v) is 3.48. The number of hydrogen-bond acceptors (Lipinski definition) is 4. The Bertz CT molecular complexity index is 707. The minimum atomic E-state index is -0.352. The Kier molecular flexibility index (Phi) is 5.46. The van der Waals surface area contributed by atoms with E-state index in [0.717, 1.165) is 10.0 Å². The molecule has 7 heteroatoms. The SMILES string of the molecule is COc1c(C)cc(Br)cc1C(=O)NC(=S)Nc1ccccn1. The van der Waals surface area contributed by atoms with E-state index in [1.54, 1.807) is 24.4 Å². The molecule has 1 amide bonds. The first-order valence-corrected chi connectivity index (χ1v) is 7.59. The highest BCUT2D eigenvalue weighted by Crippen LogP contribution is 2.27. The van der Waals surface area contributed by atoms with Crippen molar-refractivity contribution in [3.05, 3.63) is 52.1 Å². The van der Waals surface area contributed by atoms with Crippen LogP contribution in [0.15, 0.2) is 41.0 Å². The molecule has 1 heterocycles. The van der Waals surface area contributed by atoms with E-state index >= 15 is 0 Å². The predicted molar refractivity (Wildman–Crippen MR) is 93.4 cm³/mol. The molecule has 0 saturated carbocycles. The molecule has 1 aromatic heterocycles. The van der Waals surface area contributed by atoms with Crippen LogP contribution in [0.25, 0.3) is 0 Å². The Hall–Kier alpha value is -1.99. The van der Waals surface area contributed by atoms with E-state index in [0.29, 0.717) is 17.1 Å². The van der Waals surface area contributed by atoms with Crippen LogP contribution < -0.4 is 15.4 Å². The number of carbonyl (C=O) groups excluding carboxylic acids is 1. The maximum atomic E-state index is 12.4. The number of nitrogens with zero attached hydrogens (tertiary/aromatic N) is 1. The standard InChI is InChI=1S/C15H14BrN3O2S/c1-9-7-10(16)8-11(13(9)21-2)14(20)19-15(22)18-12-5-3-4-6-17-12/h3-8H,1-2H3,(H2,17,18,19,20,22). The quantitative estimate of drug-likeness (QED) is 0.801. The highest BCUT2D eigenvalue weighted by molar-refractivity contribution is 9.10. The number of hydrogen-bond donors (Lipinski definition) is 2. The predicted octanol–water partition coefficient (Wildman–Crippen LogP) is 3.29. The number of pyridine rings is 1. The van der Waals surface area contributed by atoms with Crippen LogP contribution in [0.2, 0.25) is 0 Å². The van der Waals surface area contributed by atoms with Crippen LogP contribution in [0.4, 0.5) is 5.82 Å². The fourth-order valence-electron chi connectivity index (χ4n) is 1.92. The summed E-state index contributed by atoms with van der Waals surface area (Å²) in [7, 11) is 1.53. The van der Waals surface area contributed by atoms with Crippen molar-refractivity contribution in [2.24, 2.45) is 0 Å². The Morgan fingerprint density at radius 2 is 2.14 bits per heavy atom. The van der Waals surface area contributed by atoms with Gasteiger partial charge < -0.3 is 10.1 Å². The van der Waals surface area contributed by atoms with Crippen LogP contribution in [0.3, 0.4) is 0 Å². The molecule has 2 rings (SSSR count). The molecule has 5 nitrogen and oxygen atoms in total. The number of benzene rings is 1. The normalized spacial score (nSPS) is 9.95. The molecule has 0 spiro atoms. The summed E-state index contributed by atoms with van der Waals surface area (Å²) in [5.74, 6) is 0.723. The van der Waals surface area contributed by atoms with Crippen molar-refractivity contribution in [2.75, 3.05) is 12.4 Å². The van der Waals surface area contributed by atoms with Crippen molar-refractivity contribution in [3.8, 4) is 5.75 Å². The molecular weight excluding hydrogens is 366 g/mol. The summed E-state index contributed by atoms with van der Waals surface area (Å²) in [5, 5.41) is 5.63. The number of halogens is 1. The van der Waals surface area contributed by atoms with Gasteiger partial charge in [0.1, 0.15) is 11.6 Å².